The van der Waals surface area contributed by atoms with E-state index in [1.165, 1.54) is 5.56 Å². The van der Waals surface area contributed by atoms with Gasteiger partial charge in [-0.1, -0.05) is 0 Å². The maximum absolute atomic E-state index is 11.5. The zero-order valence-corrected chi connectivity index (χ0v) is 16.5. The number of nitrogens with zero attached hydrogens (tertiary/aromatic N) is 6. The second kappa shape index (κ2) is 7.74. The van der Waals surface area contributed by atoms with Crippen LogP contribution in [0.4, 0.5) is 0 Å². The Hall–Kier alpha value is -2.32. The van der Waals surface area contributed by atoms with Crippen molar-refractivity contribution in [3.63, 3.8) is 0 Å². The van der Waals surface area contributed by atoms with Gasteiger partial charge in [0.15, 0.2) is 11.6 Å². The summed E-state index contributed by atoms with van der Waals surface area (Å²) in [6.45, 7) is 5.26. The van der Waals surface area contributed by atoms with E-state index >= 15 is 0 Å². The fourth-order valence-electron chi connectivity index (χ4n) is 3.72. The Morgan fingerprint density at radius 2 is 2.22 bits per heavy atom. The molecule has 0 aliphatic carbocycles. The van der Waals surface area contributed by atoms with Gasteiger partial charge in [-0.3, -0.25) is 9.69 Å². The van der Waals surface area contributed by atoms with Crippen LogP contribution < -0.4 is 0 Å². The molecule has 7 nitrogen and oxygen atoms in total. The molecule has 1 aliphatic heterocycles. The van der Waals surface area contributed by atoms with E-state index in [-0.39, 0.29) is 5.78 Å². The SMILES string of the molecule is CC(=O)c1cc(CN2CCC[C@@H](c3nnc(Cn4ccnc4)n3C)C2)cs1. The molecule has 0 saturated carbocycles. The monoisotopic (exact) mass is 384 g/mol. The van der Waals surface area contributed by atoms with Gasteiger partial charge in [0.1, 0.15) is 5.82 Å². The number of aromatic nitrogens is 5. The van der Waals surface area contributed by atoms with E-state index < -0.39 is 0 Å². The van der Waals surface area contributed by atoms with E-state index in [1.54, 1.807) is 30.8 Å². The molecule has 3 aromatic heterocycles. The Balaban J connectivity index is 1.43. The maximum Gasteiger partial charge on any atom is 0.169 e. The molecule has 1 atom stereocenters. The van der Waals surface area contributed by atoms with Crippen molar-refractivity contribution in [3.05, 3.63) is 52.3 Å². The van der Waals surface area contributed by atoms with Gasteiger partial charge in [-0.25, -0.2) is 4.98 Å². The summed E-state index contributed by atoms with van der Waals surface area (Å²) in [5, 5.41) is 11.0. The first-order chi connectivity index (χ1) is 13.1. The summed E-state index contributed by atoms with van der Waals surface area (Å²) in [5.41, 5.74) is 1.23. The summed E-state index contributed by atoms with van der Waals surface area (Å²) in [6, 6.07) is 2.03. The predicted molar refractivity (Wildman–Crippen MR) is 104 cm³/mol. The molecule has 0 bridgehead atoms. The number of likely N-dealkylation sites (tertiary alicyclic amines) is 1. The zero-order valence-electron chi connectivity index (χ0n) is 15.7. The third-order valence-corrected chi connectivity index (χ3v) is 6.24. The molecule has 27 heavy (non-hydrogen) atoms. The van der Waals surface area contributed by atoms with Crippen molar-refractivity contribution in [3.8, 4) is 0 Å². The molecule has 0 unspecified atom stereocenters. The number of carbonyl (C=O) groups is 1. The van der Waals surface area contributed by atoms with Crippen LogP contribution in [0.3, 0.4) is 0 Å². The van der Waals surface area contributed by atoms with E-state index in [0.29, 0.717) is 12.5 Å². The molecule has 3 aromatic rings. The van der Waals surface area contributed by atoms with Crippen LogP contribution >= 0.6 is 11.3 Å². The second-order valence-electron chi connectivity index (χ2n) is 7.22. The average Bonchev–Trinajstić information content (AvgIpc) is 3.39. The summed E-state index contributed by atoms with van der Waals surface area (Å²) >= 11 is 1.54. The minimum Gasteiger partial charge on any atom is -0.330 e. The lowest BCUT2D eigenvalue weighted by Gasteiger charge is -2.32. The van der Waals surface area contributed by atoms with Crippen molar-refractivity contribution in [1.29, 1.82) is 0 Å². The number of hydrogen-bond acceptors (Lipinski definition) is 6. The molecular weight excluding hydrogens is 360 g/mol. The predicted octanol–water partition coefficient (Wildman–Crippen LogP) is 2.70. The Morgan fingerprint density at radius 1 is 1.33 bits per heavy atom. The van der Waals surface area contributed by atoms with Crippen molar-refractivity contribution in [1.82, 2.24) is 29.2 Å². The molecule has 142 valence electrons. The van der Waals surface area contributed by atoms with Crippen LogP contribution in [-0.4, -0.2) is 48.1 Å². The number of thiophene rings is 1. The number of rotatable bonds is 6. The van der Waals surface area contributed by atoms with Crippen LogP contribution in [0.25, 0.3) is 0 Å². The first kappa shape index (κ1) is 18.1. The van der Waals surface area contributed by atoms with Crippen LogP contribution in [-0.2, 0) is 20.1 Å². The van der Waals surface area contributed by atoms with E-state index in [2.05, 4.69) is 37.1 Å². The van der Waals surface area contributed by atoms with Crippen LogP contribution in [0.2, 0.25) is 0 Å². The molecule has 4 rings (SSSR count). The Kier molecular flexibility index (Phi) is 5.18. The summed E-state index contributed by atoms with van der Waals surface area (Å²) in [5.74, 6) is 2.54. The minimum atomic E-state index is 0.146. The quantitative estimate of drug-likeness (QED) is 0.611. The van der Waals surface area contributed by atoms with Gasteiger partial charge in [-0.2, -0.15) is 0 Å². The van der Waals surface area contributed by atoms with E-state index in [9.17, 15) is 4.79 Å². The molecular formula is C19H24N6OS. The number of hydrogen-bond donors (Lipinski definition) is 0. The lowest BCUT2D eigenvalue weighted by Crippen LogP contribution is -2.34. The number of piperidine rings is 1. The molecule has 0 radical (unpaired) electrons. The molecule has 4 heterocycles. The van der Waals surface area contributed by atoms with Gasteiger partial charge in [0.25, 0.3) is 0 Å². The van der Waals surface area contributed by atoms with Crippen molar-refractivity contribution in [2.24, 2.45) is 7.05 Å². The molecule has 0 spiro atoms. The Morgan fingerprint density at radius 3 is 2.96 bits per heavy atom. The van der Waals surface area contributed by atoms with Gasteiger partial charge in [-0.05, 0) is 43.3 Å². The lowest BCUT2D eigenvalue weighted by atomic mass is 9.97. The summed E-state index contributed by atoms with van der Waals surface area (Å²) in [6.07, 6.45) is 7.80. The largest absolute Gasteiger partial charge is 0.330 e. The Labute approximate surface area is 162 Å². The van der Waals surface area contributed by atoms with Crippen LogP contribution in [0.15, 0.2) is 30.2 Å². The van der Waals surface area contributed by atoms with Gasteiger partial charge in [-0.15, -0.1) is 21.5 Å². The fourth-order valence-corrected chi connectivity index (χ4v) is 4.53. The van der Waals surface area contributed by atoms with Crippen LogP contribution in [0.1, 0.15) is 52.6 Å². The van der Waals surface area contributed by atoms with E-state index in [0.717, 1.165) is 49.0 Å². The maximum atomic E-state index is 11.5. The van der Waals surface area contributed by atoms with Crippen LogP contribution in [0.5, 0.6) is 0 Å². The standard InChI is InChI=1S/C19H24N6OS/c1-14(26)17-8-15(12-27-17)9-24-6-3-4-16(10-24)19-22-21-18(23(19)2)11-25-7-5-20-13-25/h5,7-8,12-13,16H,3-4,6,9-11H2,1-2H3/t16-/m1/s1. The first-order valence-electron chi connectivity index (χ1n) is 9.24. The molecule has 8 heteroatoms. The Bertz CT molecular complexity index is 913. The van der Waals surface area contributed by atoms with E-state index in [4.69, 9.17) is 0 Å². The van der Waals surface area contributed by atoms with Gasteiger partial charge in [0.05, 0.1) is 17.7 Å². The molecule has 1 fully saturated rings. The molecule has 0 N–H and O–H groups in total. The van der Waals surface area contributed by atoms with Crippen molar-refractivity contribution >= 4 is 17.1 Å². The number of imidazole rings is 1. The molecule has 1 aliphatic rings. The minimum absolute atomic E-state index is 0.146. The highest BCUT2D eigenvalue weighted by molar-refractivity contribution is 7.12. The van der Waals surface area contributed by atoms with Gasteiger partial charge < -0.3 is 9.13 Å². The second-order valence-corrected chi connectivity index (χ2v) is 8.13. The van der Waals surface area contributed by atoms with Crippen LogP contribution in [0, 0.1) is 0 Å². The fraction of sp³-hybridized carbons (Fsp3) is 0.474. The van der Waals surface area contributed by atoms with Crippen molar-refractivity contribution < 1.29 is 4.79 Å². The smallest absolute Gasteiger partial charge is 0.169 e. The molecule has 1 saturated heterocycles. The number of Topliss-reactive ketones (excluding diaryl/α,β-unsaturated/α-hetero) is 1. The average molecular weight is 385 g/mol. The summed E-state index contributed by atoms with van der Waals surface area (Å²) in [7, 11) is 2.05. The van der Waals surface area contributed by atoms with Gasteiger partial charge in [0.2, 0.25) is 0 Å². The topological polar surface area (TPSA) is 68.8 Å². The molecule has 0 amide bonds. The zero-order chi connectivity index (χ0) is 18.8. The number of ketones is 1. The normalized spacial score (nSPS) is 18.1. The summed E-state index contributed by atoms with van der Waals surface area (Å²) < 4.78 is 4.14. The summed E-state index contributed by atoms with van der Waals surface area (Å²) in [4.78, 5) is 18.9. The highest BCUT2D eigenvalue weighted by Crippen LogP contribution is 2.27. The highest BCUT2D eigenvalue weighted by atomic mass is 32.1. The van der Waals surface area contributed by atoms with Gasteiger partial charge in [0, 0.05) is 38.4 Å². The molecule has 0 aromatic carbocycles. The lowest BCUT2D eigenvalue weighted by molar-refractivity contribution is 0.102. The van der Waals surface area contributed by atoms with E-state index in [1.807, 2.05) is 16.8 Å². The number of carbonyl (C=O) groups excluding carboxylic acids is 1. The van der Waals surface area contributed by atoms with Crippen molar-refractivity contribution in [2.75, 3.05) is 13.1 Å². The van der Waals surface area contributed by atoms with Gasteiger partial charge >= 0.3 is 0 Å². The van der Waals surface area contributed by atoms with Crippen molar-refractivity contribution in [2.45, 2.75) is 38.8 Å². The third kappa shape index (κ3) is 4.01. The first-order valence-corrected chi connectivity index (χ1v) is 10.1. The highest BCUT2D eigenvalue weighted by Gasteiger charge is 2.26. The third-order valence-electron chi connectivity index (χ3n) is 5.16.